The van der Waals surface area contributed by atoms with Crippen molar-refractivity contribution in [2.24, 2.45) is 5.73 Å². The summed E-state index contributed by atoms with van der Waals surface area (Å²) in [7, 11) is 1.71. The van der Waals surface area contributed by atoms with Crippen molar-refractivity contribution >= 4 is 73.9 Å². The summed E-state index contributed by atoms with van der Waals surface area (Å²) in [4.78, 5) is 30.2. The van der Waals surface area contributed by atoms with Crippen molar-refractivity contribution in [2.45, 2.75) is 11.8 Å². The molecule has 2 heterocycles. The lowest BCUT2D eigenvalue weighted by atomic mass is 10.1. The lowest BCUT2D eigenvalue weighted by molar-refractivity contribution is -0.121. The van der Waals surface area contributed by atoms with Gasteiger partial charge in [0.1, 0.15) is 12.7 Å². The molecule has 1 aliphatic rings. The number of carboxylic acids is 1. The first-order chi connectivity index (χ1) is 15.2. The molecule has 0 saturated heterocycles. The van der Waals surface area contributed by atoms with Crippen molar-refractivity contribution in [1.82, 2.24) is 10.3 Å². The molecule has 9 nitrogen and oxygen atoms in total. The molecule has 1 aromatic heterocycles. The quantitative estimate of drug-likeness (QED) is 0.309. The molecule has 0 bridgehead atoms. The highest BCUT2D eigenvalue weighted by atomic mass is 35.5. The summed E-state index contributed by atoms with van der Waals surface area (Å²) in [5, 5.41) is 19.7. The van der Waals surface area contributed by atoms with Crippen LogP contribution in [0.15, 0.2) is 36.4 Å². The van der Waals surface area contributed by atoms with Crippen molar-refractivity contribution in [3.8, 4) is 0 Å². The van der Waals surface area contributed by atoms with Crippen LogP contribution in [0.2, 0.25) is 5.02 Å². The summed E-state index contributed by atoms with van der Waals surface area (Å²) < 4.78 is 13.8. The second kappa shape index (κ2) is 9.56. The van der Waals surface area contributed by atoms with E-state index in [0.29, 0.717) is 27.0 Å². The number of carbonyl (C=O) groups is 2. The number of benzene rings is 2. The Morgan fingerprint density at radius 1 is 1.36 bits per heavy atom. The molecule has 1 aliphatic heterocycles. The first kappa shape index (κ1) is 24.8. The summed E-state index contributed by atoms with van der Waals surface area (Å²) >= 11 is 7.40. The minimum atomic E-state index is -1.39. The molecule has 2 aromatic carbocycles. The van der Waals surface area contributed by atoms with Crippen molar-refractivity contribution in [3.63, 3.8) is 0 Å². The zero-order chi connectivity index (χ0) is 23.0. The van der Waals surface area contributed by atoms with Gasteiger partial charge in [0, 0.05) is 18.6 Å². The van der Waals surface area contributed by atoms with E-state index in [4.69, 9.17) is 17.3 Å². The van der Waals surface area contributed by atoms with Gasteiger partial charge in [-0.25, -0.2) is 14.2 Å². The van der Waals surface area contributed by atoms with Gasteiger partial charge < -0.3 is 26.4 Å². The number of hydrogen-bond donors (Lipinski definition) is 5. The summed E-state index contributed by atoms with van der Waals surface area (Å²) in [6.45, 7) is -0.821. The number of nitrogens with two attached hydrogens (primary N) is 1. The molecule has 0 spiro atoms. The molecule has 13 heteroatoms. The molecule has 33 heavy (non-hydrogen) atoms. The number of aromatic nitrogens is 1. The monoisotopic (exact) mass is 514 g/mol. The van der Waals surface area contributed by atoms with Crippen LogP contribution < -0.4 is 26.6 Å². The number of nitrogens with zero attached hydrogens (tertiary/aromatic N) is 2. The number of likely N-dealkylation sites (N-methyl/N-ethyl adjacent to an activating group) is 1. The van der Waals surface area contributed by atoms with E-state index in [-0.39, 0.29) is 24.5 Å². The van der Waals surface area contributed by atoms with Gasteiger partial charge in [-0.05, 0) is 36.4 Å². The second-order valence-electron chi connectivity index (χ2n) is 7.22. The average molecular weight is 515 g/mol. The van der Waals surface area contributed by atoms with Crippen LogP contribution in [0.5, 0.6) is 0 Å². The number of carboxylic acid groups (broad SMARTS) is 1. The number of anilines is 3. The third-order valence-electron chi connectivity index (χ3n) is 5.25. The molecule has 176 valence electrons. The highest BCUT2D eigenvalue weighted by Gasteiger charge is 2.51. The molecule has 0 saturated carbocycles. The molecule has 0 fully saturated rings. The van der Waals surface area contributed by atoms with Crippen LogP contribution in [0.1, 0.15) is 10.4 Å². The Balaban J connectivity index is 0.00000306. The molecule has 3 aromatic rings. The van der Waals surface area contributed by atoms with Gasteiger partial charge in [-0.2, -0.15) is 0 Å². The zero-order valence-electron chi connectivity index (χ0n) is 17.3. The predicted molar refractivity (Wildman–Crippen MR) is 131 cm³/mol. The molecule has 0 radical (unpaired) electrons. The van der Waals surface area contributed by atoms with Crippen LogP contribution in [0.4, 0.5) is 20.9 Å². The number of amides is 1. The maximum atomic E-state index is 13.0. The zero-order valence-corrected chi connectivity index (χ0v) is 19.7. The Morgan fingerprint density at radius 3 is 2.79 bits per heavy atom. The smallest absolute Gasteiger partial charge is 0.335 e. The average Bonchev–Trinajstić information content (AvgIpc) is 3.25. The lowest BCUT2D eigenvalue weighted by Gasteiger charge is -2.42. The Morgan fingerprint density at radius 2 is 2.12 bits per heavy atom. The fraction of sp³-hybridized carbons (Fsp3) is 0.250. The van der Waals surface area contributed by atoms with E-state index in [2.05, 4.69) is 20.9 Å². The third kappa shape index (κ3) is 4.49. The number of halogens is 3. The molecule has 2 atom stereocenters. The van der Waals surface area contributed by atoms with Gasteiger partial charge in [-0.1, -0.05) is 22.9 Å². The summed E-state index contributed by atoms with van der Waals surface area (Å²) in [6.07, 6.45) is 0. The minimum absolute atomic E-state index is 0. The first-order valence-corrected chi connectivity index (χ1v) is 10.8. The van der Waals surface area contributed by atoms with Crippen LogP contribution in [0, 0.1) is 0 Å². The second-order valence-corrected chi connectivity index (χ2v) is 8.69. The van der Waals surface area contributed by atoms with Crippen molar-refractivity contribution in [1.29, 1.82) is 0 Å². The molecular weight excluding hydrogens is 494 g/mol. The minimum Gasteiger partial charge on any atom is -0.478 e. The normalized spacial score (nSPS) is 17.7. The lowest BCUT2D eigenvalue weighted by Crippen LogP contribution is -2.71. The Kier molecular flexibility index (Phi) is 7.17. The maximum absolute atomic E-state index is 13.0. The molecule has 1 amide bonds. The highest BCUT2D eigenvalue weighted by molar-refractivity contribution is 7.22. The third-order valence-corrected chi connectivity index (χ3v) is 6.42. The van der Waals surface area contributed by atoms with Gasteiger partial charge in [0.2, 0.25) is 11.7 Å². The SMILES string of the molecule is CN1c2ccc(C(=O)O)cc2NC1(Nc1nc2ccc(Cl)cc2s1)C(NCCF)C(N)=O.Cl. The number of thiazole rings is 1. The topological polar surface area (TPSA) is 133 Å². The van der Waals surface area contributed by atoms with E-state index in [0.717, 1.165) is 4.70 Å². The van der Waals surface area contributed by atoms with Crippen LogP contribution in [0.3, 0.4) is 0 Å². The van der Waals surface area contributed by atoms with Gasteiger partial charge >= 0.3 is 5.97 Å². The van der Waals surface area contributed by atoms with E-state index in [9.17, 15) is 19.1 Å². The van der Waals surface area contributed by atoms with Crippen molar-refractivity contribution in [2.75, 3.05) is 35.8 Å². The van der Waals surface area contributed by atoms with Gasteiger partial charge in [-0.15, -0.1) is 12.4 Å². The van der Waals surface area contributed by atoms with E-state index in [1.807, 2.05) is 0 Å². The number of primary amides is 1. The molecule has 2 unspecified atom stereocenters. The Bertz CT molecular complexity index is 1210. The van der Waals surface area contributed by atoms with Crippen LogP contribution in [-0.2, 0) is 4.79 Å². The highest BCUT2D eigenvalue weighted by Crippen LogP contribution is 2.42. The van der Waals surface area contributed by atoms with E-state index >= 15 is 0 Å². The standard InChI is InChI=1S/C20H20ClFN6O3S.ClH/c1-28-14-5-2-10(18(30)31)8-13(14)26-20(28,16(17(23)29)24-7-6-22)27-19-25-12-4-3-11(21)9-15(12)32-19;/h2-5,8-9,16,24,26H,6-7H2,1H3,(H2,23,29)(H,25,27)(H,30,31);1H. The Hall–Kier alpha value is -2.86. The number of hydrogen-bond acceptors (Lipinski definition) is 8. The van der Waals surface area contributed by atoms with Gasteiger partial charge in [0.15, 0.2) is 5.13 Å². The van der Waals surface area contributed by atoms with Crippen LogP contribution >= 0.6 is 35.3 Å². The van der Waals surface area contributed by atoms with E-state index < -0.39 is 30.4 Å². The fourth-order valence-electron chi connectivity index (χ4n) is 3.76. The maximum Gasteiger partial charge on any atom is 0.335 e. The van der Waals surface area contributed by atoms with Gasteiger partial charge in [0.05, 0.1) is 27.2 Å². The van der Waals surface area contributed by atoms with Gasteiger partial charge in [0.25, 0.3) is 0 Å². The van der Waals surface area contributed by atoms with Gasteiger partial charge in [-0.3, -0.25) is 10.1 Å². The molecular formula is C20H21Cl2FN6O3S. The number of fused-ring (bicyclic) bond motifs is 2. The molecule has 0 aliphatic carbocycles. The molecule has 4 rings (SSSR count). The van der Waals surface area contributed by atoms with Crippen molar-refractivity contribution < 1.29 is 19.1 Å². The first-order valence-electron chi connectivity index (χ1n) is 9.57. The summed E-state index contributed by atoms with van der Waals surface area (Å²) in [5.41, 5.74) is 7.58. The number of aromatic carboxylic acids is 1. The van der Waals surface area contributed by atoms with E-state index in [1.54, 1.807) is 36.2 Å². The summed E-state index contributed by atoms with van der Waals surface area (Å²) in [6, 6.07) is 8.71. The fourth-order valence-corrected chi connectivity index (χ4v) is 4.96. The predicted octanol–water partition coefficient (Wildman–Crippen LogP) is 3.11. The van der Waals surface area contributed by atoms with Crippen LogP contribution in [-0.4, -0.2) is 54.1 Å². The Labute approximate surface area is 203 Å². The largest absolute Gasteiger partial charge is 0.478 e. The van der Waals surface area contributed by atoms with Crippen molar-refractivity contribution in [3.05, 3.63) is 47.0 Å². The number of rotatable bonds is 8. The summed E-state index contributed by atoms with van der Waals surface area (Å²) in [5.74, 6) is -3.22. The number of carbonyl (C=O) groups excluding carboxylic acids is 1. The number of alkyl halides is 1. The van der Waals surface area contributed by atoms with E-state index in [1.165, 1.54) is 23.5 Å². The number of nitrogens with one attached hydrogen (secondary N) is 3. The molecule has 6 N–H and O–H groups in total. The van der Waals surface area contributed by atoms with Crippen LogP contribution in [0.25, 0.3) is 10.2 Å².